The van der Waals surface area contributed by atoms with E-state index in [1.165, 1.54) is 0 Å². The second-order valence-electron chi connectivity index (χ2n) is 7.67. The lowest BCUT2D eigenvalue weighted by Gasteiger charge is -2.63. The molecule has 0 aromatic carbocycles. The van der Waals surface area contributed by atoms with Crippen molar-refractivity contribution in [1.29, 1.82) is 0 Å². The highest BCUT2D eigenvalue weighted by Crippen LogP contribution is 2.63. The Morgan fingerprint density at radius 1 is 1.30 bits per heavy atom. The highest BCUT2D eigenvalue weighted by molar-refractivity contribution is 7.96. The van der Waals surface area contributed by atoms with Crippen molar-refractivity contribution in [3.8, 4) is 0 Å². The molecule has 3 atom stereocenters. The Hall–Kier alpha value is -0.450. The minimum Gasteiger partial charge on any atom is -0.691 e. The molecular weight excluding hydrogens is 331 g/mol. The number of alkyl halides is 1. The zero-order valence-corrected chi connectivity index (χ0v) is 13.6. The number of rotatable bonds is 6. The summed E-state index contributed by atoms with van der Waals surface area (Å²) in [5.74, 6) is -1.00. The zero-order valence-electron chi connectivity index (χ0n) is 12.7. The summed E-state index contributed by atoms with van der Waals surface area (Å²) in [6, 6.07) is 0. The quantitative estimate of drug-likeness (QED) is 0.309. The van der Waals surface area contributed by atoms with Crippen LogP contribution in [0, 0.1) is 11.3 Å². The van der Waals surface area contributed by atoms with Crippen LogP contribution in [0.2, 0.25) is 0 Å². The Balaban J connectivity index is 1.65. The number of hydrogen-bond donors (Lipinski definition) is 2. The maximum Gasteiger partial charge on any atom is 0.356 e. The highest BCUT2D eigenvalue weighted by atomic mass is 32.2. The van der Waals surface area contributed by atoms with Gasteiger partial charge >= 0.3 is 5.97 Å². The van der Waals surface area contributed by atoms with E-state index < -0.39 is 27.6 Å². The number of esters is 1. The minimum absolute atomic E-state index is 0.0724. The third-order valence-electron chi connectivity index (χ3n) is 5.22. The summed E-state index contributed by atoms with van der Waals surface area (Å²) in [6.07, 6.45) is 3.25. The van der Waals surface area contributed by atoms with E-state index >= 15 is 0 Å². The van der Waals surface area contributed by atoms with Crippen molar-refractivity contribution < 1.29 is 38.8 Å². The normalized spacial score (nSPS) is 44.1. The van der Waals surface area contributed by atoms with Gasteiger partial charge in [-0.2, -0.15) is 4.33 Å². The molecule has 9 heteroatoms. The Labute approximate surface area is 137 Å². The van der Waals surface area contributed by atoms with Crippen LogP contribution in [0.1, 0.15) is 45.4 Å². The van der Waals surface area contributed by atoms with Crippen LogP contribution in [0.4, 0.5) is 4.39 Å². The first-order chi connectivity index (χ1) is 10.6. The third kappa shape index (κ3) is 3.35. The van der Waals surface area contributed by atoms with Gasteiger partial charge in [-0.25, -0.2) is 9.18 Å². The molecule has 23 heavy (non-hydrogen) atoms. The highest BCUT2D eigenvalue weighted by Gasteiger charge is 2.63. The maximum absolute atomic E-state index is 14.0. The molecule has 0 aromatic rings. The summed E-state index contributed by atoms with van der Waals surface area (Å²) in [6.45, 7) is 0.824. The van der Waals surface area contributed by atoms with Gasteiger partial charge in [0.05, 0.1) is 29.9 Å². The largest absolute Gasteiger partial charge is 0.691 e. The molecule has 7 nitrogen and oxygen atoms in total. The lowest BCUT2D eigenvalue weighted by atomic mass is 9.46. The zero-order chi connectivity index (χ0) is 16.9. The van der Waals surface area contributed by atoms with Crippen molar-refractivity contribution in [1.82, 2.24) is 0 Å². The SMILES string of the molecule is CC(F)(SOO[O-])C(=O)OCC12CC3CC(O)(CC(O)(C3)C1)C2. The molecule has 0 aliphatic heterocycles. The number of carbonyl (C=O) groups excluding carboxylic acids is 1. The van der Waals surface area contributed by atoms with E-state index in [0.717, 1.165) is 13.3 Å². The molecule has 4 rings (SSSR count). The Bertz CT molecular complexity index is 482. The Morgan fingerprint density at radius 3 is 2.43 bits per heavy atom. The molecule has 132 valence electrons. The predicted octanol–water partition coefficient (Wildman–Crippen LogP) is 0.533. The molecule has 4 aliphatic carbocycles. The van der Waals surface area contributed by atoms with Crippen LogP contribution in [0.15, 0.2) is 0 Å². The van der Waals surface area contributed by atoms with Crippen LogP contribution < -0.4 is 5.26 Å². The van der Waals surface area contributed by atoms with E-state index in [2.05, 4.69) is 9.37 Å². The van der Waals surface area contributed by atoms with Crippen molar-refractivity contribution in [3.63, 3.8) is 0 Å². The lowest BCUT2D eigenvalue weighted by molar-refractivity contribution is -0.777. The maximum atomic E-state index is 14.0. The predicted molar refractivity (Wildman–Crippen MR) is 73.8 cm³/mol. The van der Waals surface area contributed by atoms with Gasteiger partial charge in [-0.1, -0.05) is 0 Å². The summed E-state index contributed by atoms with van der Waals surface area (Å²) >= 11 is -0.0724. The van der Waals surface area contributed by atoms with Gasteiger partial charge in [-0.15, -0.1) is 0 Å². The van der Waals surface area contributed by atoms with Crippen LogP contribution in [0.3, 0.4) is 0 Å². The molecule has 4 aliphatic rings. The minimum atomic E-state index is -2.58. The van der Waals surface area contributed by atoms with Gasteiger partial charge in [-0.3, -0.25) is 5.04 Å². The number of halogens is 1. The average molecular weight is 351 g/mol. The van der Waals surface area contributed by atoms with E-state index in [0.29, 0.717) is 32.1 Å². The summed E-state index contributed by atoms with van der Waals surface area (Å²) < 4.78 is 23.0. The first-order valence-electron chi connectivity index (χ1n) is 7.55. The summed E-state index contributed by atoms with van der Waals surface area (Å²) in [4.78, 5) is 11.8. The summed E-state index contributed by atoms with van der Waals surface area (Å²) in [5.41, 5.74) is -2.41. The standard InChI is InChI=1S/C14H21FO7S/c1-11(15,23-22-21-19)10(16)20-8-12-2-9-3-13(17,5-12)7-14(18,4-9)6-12/h9,17-19H,2-8H2,1H3/p-1. The topological polar surface area (TPSA) is 108 Å². The second-order valence-corrected chi connectivity index (χ2v) is 8.74. The van der Waals surface area contributed by atoms with E-state index in [1.54, 1.807) is 0 Å². The van der Waals surface area contributed by atoms with Crippen LogP contribution in [0.5, 0.6) is 0 Å². The molecule has 0 spiro atoms. The fraction of sp³-hybridized carbons (Fsp3) is 0.929. The Morgan fingerprint density at radius 2 is 1.91 bits per heavy atom. The number of hydrogen-bond acceptors (Lipinski definition) is 8. The van der Waals surface area contributed by atoms with Gasteiger partial charge in [0.15, 0.2) is 0 Å². The molecule has 0 amide bonds. The molecular formula is C14H20FO7S-. The van der Waals surface area contributed by atoms with Gasteiger partial charge in [0.1, 0.15) is 0 Å². The number of ether oxygens (including phenoxy) is 1. The molecule has 0 aromatic heterocycles. The van der Waals surface area contributed by atoms with Crippen molar-refractivity contribution in [2.75, 3.05) is 6.61 Å². The number of aliphatic hydroxyl groups is 2. The molecule has 0 saturated heterocycles. The van der Waals surface area contributed by atoms with Crippen LogP contribution in [-0.2, 0) is 18.9 Å². The fourth-order valence-corrected chi connectivity index (χ4v) is 5.44. The first kappa shape index (κ1) is 17.4. The van der Waals surface area contributed by atoms with Gasteiger partial charge in [-0.05, 0) is 44.9 Å². The molecule has 0 heterocycles. The van der Waals surface area contributed by atoms with E-state index in [-0.39, 0.29) is 24.6 Å². The van der Waals surface area contributed by atoms with Crippen LogP contribution in [-0.4, -0.2) is 39.0 Å². The van der Waals surface area contributed by atoms with Crippen molar-refractivity contribution in [3.05, 3.63) is 0 Å². The summed E-state index contributed by atoms with van der Waals surface area (Å²) in [5, 5.41) is 31.4. The van der Waals surface area contributed by atoms with Gasteiger partial charge in [0.25, 0.3) is 5.00 Å². The van der Waals surface area contributed by atoms with Crippen molar-refractivity contribution in [2.45, 2.75) is 61.7 Å². The summed E-state index contributed by atoms with van der Waals surface area (Å²) in [7, 11) is 0. The van der Waals surface area contributed by atoms with Gasteiger partial charge in [0, 0.05) is 11.8 Å². The molecule has 4 bridgehead atoms. The fourth-order valence-electron chi connectivity index (χ4n) is 5.15. The van der Waals surface area contributed by atoms with Crippen molar-refractivity contribution >= 4 is 18.0 Å². The first-order valence-corrected chi connectivity index (χ1v) is 8.29. The van der Waals surface area contributed by atoms with E-state index in [9.17, 15) is 24.7 Å². The second kappa shape index (κ2) is 5.53. The smallest absolute Gasteiger partial charge is 0.356 e. The molecule has 4 fully saturated rings. The van der Waals surface area contributed by atoms with Crippen LogP contribution >= 0.6 is 12.0 Å². The monoisotopic (exact) mass is 351 g/mol. The number of carbonyl (C=O) groups is 1. The lowest BCUT2D eigenvalue weighted by Crippen LogP contribution is -2.64. The van der Waals surface area contributed by atoms with Crippen LogP contribution in [0.25, 0.3) is 0 Å². The van der Waals surface area contributed by atoms with Gasteiger partial charge in [0.2, 0.25) is 0 Å². The third-order valence-corrected chi connectivity index (χ3v) is 5.82. The van der Waals surface area contributed by atoms with Gasteiger partial charge < -0.3 is 20.2 Å². The Kier molecular flexibility index (Phi) is 4.18. The van der Waals surface area contributed by atoms with E-state index in [1.807, 2.05) is 0 Å². The molecule has 3 unspecified atom stereocenters. The average Bonchev–Trinajstić information content (AvgIpc) is 2.38. The molecule has 2 N–H and O–H groups in total. The molecule has 4 saturated carbocycles. The van der Waals surface area contributed by atoms with Crippen molar-refractivity contribution in [2.24, 2.45) is 11.3 Å². The molecule has 0 radical (unpaired) electrons. The van der Waals surface area contributed by atoms with E-state index in [4.69, 9.17) is 4.74 Å².